The van der Waals surface area contributed by atoms with E-state index in [1.807, 2.05) is 42.0 Å². The SMILES string of the molecule is Cc1cnccc1Cn1c(-c2ccccn2)n[nH]c1=S. The molecule has 20 heavy (non-hydrogen) atoms. The van der Waals surface area contributed by atoms with E-state index in [0.29, 0.717) is 11.3 Å². The molecule has 0 saturated carbocycles. The number of aryl methyl sites for hydroxylation is 1. The second-order valence-corrected chi connectivity index (χ2v) is 4.84. The molecule has 0 aromatic carbocycles. The number of H-pyrrole nitrogens is 1. The Hall–Kier alpha value is -2.34. The fraction of sp³-hybridized carbons (Fsp3) is 0.143. The Morgan fingerprint density at radius 1 is 1.25 bits per heavy atom. The van der Waals surface area contributed by atoms with Crippen molar-refractivity contribution in [2.75, 3.05) is 0 Å². The minimum Gasteiger partial charge on any atom is -0.294 e. The molecule has 6 heteroatoms. The molecular formula is C14H13N5S. The zero-order chi connectivity index (χ0) is 13.9. The minimum absolute atomic E-state index is 0.585. The van der Waals surface area contributed by atoms with E-state index < -0.39 is 0 Å². The monoisotopic (exact) mass is 283 g/mol. The summed E-state index contributed by atoms with van der Waals surface area (Å²) in [4.78, 5) is 8.43. The van der Waals surface area contributed by atoms with E-state index in [4.69, 9.17) is 12.2 Å². The van der Waals surface area contributed by atoms with Gasteiger partial charge >= 0.3 is 0 Å². The molecule has 3 aromatic heterocycles. The summed E-state index contributed by atoms with van der Waals surface area (Å²) in [5.74, 6) is 0.742. The van der Waals surface area contributed by atoms with Crippen molar-refractivity contribution in [3.8, 4) is 11.5 Å². The maximum Gasteiger partial charge on any atom is 0.195 e. The van der Waals surface area contributed by atoms with Gasteiger partial charge in [-0.1, -0.05) is 6.07 Å². The zero-order valence-corrected chi connectivity index (χ0v) is 11.8. The molecule has 0 aliphatic carbocycles. The number of pyridine rings is 2. The molecule has 100 valence electrons. The van der Waals surface area contributed by atoms with Crippen LogP contribution in [0, 0.1) is 11.7 Å². The van der Waals surface area contributed by atoms with Crippen LogP contribution in [0.4, 0.5) is 0 Å². The lowest BCUT2D eigenvalue weighted by Gasteiger charge is -2.08. The summed E-state index contributed by atoms with van der Waals surface area (Å²) in [6.45, 7) is 2.68. The molecule has 0 aliphatic heterocycles. The molecule has 1 N–H and O–H groups in total. The summed E-state index contributed by atoms with van der Waals surface area (Å²) >= 11 is 5.32. The first-order chi connectivity index (χ1) is 9.75. The van der Waals surface area contributed by atoms with Gasteiger partial charge in [-0.15, -0.1) is 0 Å². The van der Waals surface area contributed by atoms with Gasteiger partial charge in [-0.3, -0.25) is 19.6 Å². The van der Waals surface area contributed by atoms with Crippen molar-refractivity contribution in [1.82, 2.24) is 24.7 Å². The van der Waals surface area contributed by atoms with E-state index in [-0.39, 0.29) is 0 Å². The van der Waals surface area contributed by atoms with Gasteiger partial charge in [0.25, 0.3) is 0 Å². The van der Waals surface area contributed by atoms with Crippen molar-refractivity contribution in [1.29, 1.82) is 0 Å². The van der Waals surface area contributed by atoms with Crippen LogP contribution in [0.1, 0.15) is 11.1 Å². The Kier molecular flexibility index (Phi) is 3.39. The average Bonchev–Trinajstić information content (AvgIpc) is 2.84. The van der Waals surface area contributed by atoms with Crippen molar-refractivity contribution in [2.45, 2.75) is 13.5 Å². The van der Waals surface area contributed by atoms with Gasteiger partial charge in [0.1, 0.15) is 5.69 Å². The van der Waals surface area contributed by atoms with Gasteiger partial charge in [0.05, 0.1) is 6.54 Å². The van der Waals surface area contributed by atoms with Crippen molar-refractivity contribution in [3.05, 3.63) is 58.8 Å². The van der Waals surface area contributed by atoms with Crippen LogP contribution in [0.3, 0.4) is 0 Å². The topological polar surface area (TPSA) is 59.4 Å². The van der Waals surface area contributed by atoms with Crippen molar-refractivity contribution in [3.63, 3.8) is 0 Å². The predicted octanol–water partition coefficient (Wildman–Crippen LogP) is 2.75. The van der Waals surface area contributed by atoms with Crippen LogP contribution in [0.25, 0.3) is 11.5 Å². The molecule has 0 aliphatic rings. The highest BCUT2D eigenvalue weighted by Gasteiger charge is 2.10. The fourth-order valence-corrected chi connectivity index (χ4v) is 2.20. The lowest BCUT2D eigenvalue weighted by atomic mass is 10.1. The van der Waals surface area contributed by atoms with Gasteiger partial charge in [-0.05, 0) is 48.5 Å². The number of aromatic amines is 1. The second kappa shape index (κ2) is 5.34. The molecule has 3 aromatic rings. The normalized spacial score (nSPS) is 10.7. The molecule has 5 nitrogen and oxygen atoms in total. The largest absolute Gasteiger partial charge is 0.294 e. The molecular weight excluding hydrogens is 270 g/mol. The summed E-state index contributed by atoms with van der Waals surface area (Å²) in [5, 5.41) is 7.12. The summed E-state index contributed by atoms with van der Waals surface area (Å²) in [6, 6.07) is 7.72. The van der Waals surface area contributed by atoms with Crippen LogP contribution in [0.15, 0.2) is 42.9 Å². The third kappa shape index (κ3) is 2.37. The number of nitrogens with one attached hydrogen (secondary N) is 1. The van der Waals surface area contributed by atoms with Gasteiger partial charge in [0, 0.05) is 18.6 Å². The molecule has 3 heterocycles. The van der Waals surface area contributed by atoms with Crippen molar-refractivity contribution < 1.29 is 0 Å². The molecule has 3 rings (SSSR count). The Bertz CT molecular complexity index is 776. The fourth-order valence-electron chi connectivity index (χ4n) is 2.00. The smallest absolute Gasteiger partial charge is 0.195 e. The molecule has 0 fully saturated rings. The number of hydrogen-bond acceptors (Lipinski definition) is 4. The van der Waals surface area contributed by atoms with Crippen LogP contribution in [0.5, 0.6) is 0 Å². The highest BCUT2D eigenvalue weighted by atomic mass is 32.1. The highest BCUT2D eigenvalue weighted by molar-refractivity contribution is 7.71. The first-order valence-electron chi connectivity index (χ1n) is 6.22. The number of hydrogen-bond donors (Lipinski definition) is 1. The molecule has 0 radical (unpaired) electrons. The third-order valence-corrected chi connectivity index (χ3v) is 3.43. The van der Waals surface area contributed by atoms with Crippen LogP contribution >= 0.6 is 12.2 Å². The van der Waals surface area contributed by atoms with Gasteiger partial charge in [-0.25, -0.2) is 0 Å². The van der Waals surface area contributed by atoms with E-state index in [1.165, 1.54) is 0 Å². The lowest BCUT2D eigenvalue weighted by Crippen LogP contribution is -2.04. The number of aromatic nitrogens is 5. The van der Waals surface area contributed by atoms with Crippen LogP contribution in [-0.2, 0) is 6.54 Å². The van der Waals surface area contributed by atoms with E-state index in [0.717, 1.165) is 22.6 Å². The molecule has 0 unspecified atom stereocenters. The first kappa shape index (κ1) is 12.7. The Morgan fingerprint density at radius 2 is 2.15 bits per heavy atom. The Balaban J connectivity index is 2.05. The summed E-state index contributed by atoms with van der Waals surface area (Å²) in [6.07, 6.45) is 5.38. The van der Waals surface area contributed by atoms with E-state index in [1.54, 1.807) is 12.4 Å². The standard InChI is InChI=1S/C14H13N5S/c1-10-8-15-7-5-11(10)9-19-13(17-18-14(19)20)12-4-2-3-6-16-12/h2-8H,9H2,1H3,(H,18,20). The van der Waals surface area contributed by atoms with Crippen LogP contribution < -0.4 is 0 Å². The predicted molar refractivity (Wildman–Crippen MR) is 78.7 cm³/mol. The minimum atomic E-state index is 0.585. The number of nitrogens with zero attached hydrogens (tertiary/aromatic N) is 4. The van der Waals surface area contributed by atoms with E-state index in [2.05, 4.69) is 20.2 Å². The highest BCUT2D eigenvalue weighted by Crippen LogP contribution is 2.16. The molecule has 0 amide bonds. The lowest BCUT2D eigenvalue weighted by molar-refractivity contribution is 0.781. The summed E-state index contributed by atoms with van der Waals surface area (Å²) in [7, 11) is 0. The Morgan fingerprint density at radius 3 is 2.90 bits per heavy atom. The average molecular weight is 283 g/mol. The van der Waals surface area contributed by atoms with Gasteiger partial charge in [0.15, 0.2) is 10.6 Å². The van der Waals surface area contributed by atoms with E-state index in [9.17, 15) is 0 Å². The third-order valence-electron chi connectivity index (χ3n) is 3.12. The number of rotatable bonds is 3. The first-order valence-corrected chi connectivity index (χ1v) is 6.62. The van der Waals surface area contributed by atoms with E-state index >= 15 is 0 Å². The zero-order valence-electron chi connectivity index (χ0n) is 10.9. The van der Waals surface area contributed by atoms with Gasteiger partial charge in [0.2, 0.25) is 0 Å². The quantitative estimate of drug-likeness (QED) is 0.751. The van der Waals surface area contributed by atoms with Crippen molar-refractivity contribution in [2.24, 2.45) is 0 Å². The van der Waals surface area contributed by atoms with Gasteiger partial charge in [-0.2, -0.15) is 5.10 Å². The maximum absolute atomic E-state index is 5.32. The van der Waals surface area contributed by atoms with Gasteiger partial charge < -0.3 is 0 Å². The molecule has 0 bridgehead atoms. The summed E-state index contributed by atoms with van der Waals surface area (Å²) < 4.78 is 2.53. The van der Waals surface area contributed by atoms with Crippen LogP contribution in [-0.4, -0.2) is 24.7 Å². The van der Waals surface area contributed by atoms with Crippen molar-refractivity contribution >= 4 is 12.2 Å². The molecule has 0 atom stereocenters. The maximum atomic E-state index is 5.32. The molecule has 0 saturated heterocycles. The Labute approximate surface area is 121 Å². The molecule has 0 spiro atoms. The van der Waals surface area contributed by atoms with Crippen LogP contribution in [0.2, 0.25) is 0 Å². The summed E-state index contributed by atoms with van der Waals surface area (Å²) in [5.41, 5.74) is 3.09. The second-order valence-electron chi connectivity index (χ2n) is 4.46.